The number of sulfonamides is 1. The fourth-order valence-electron chi connectivity index (χ4n) is 2.76. The Balaban J connectivity index is 2.19. The van der Waals surface area contributed by atoms with E-state index in [4.69, 9.17) is 0 Å². The van der Waals surface area contributed by atoms with Crippen LogP contribution in [0.15, 0.2) is 36.4 Å². The van der Waals surface area contributed by atoms with Crippen LogP contribution in [0.2, 0.25) is 0 Å². The molecule has 2 aromatic rings. The highest BCUT2D eigenvalue weighted by Gasteiger charge is 2.16. The maximum atomic E-state index is 12.6. The summed E-state index contributed by atoms with van der Waals surface area (Å²) in [6.07, 6.45) is 1.88. The number of amides is 1. The Kier molecular flexibility index (Phi) is 6.08. The van der Waals surface area contributed by atoms with Gasteiger partial charge in [0.15, 0.2) is 0 Å². The van der Waals surface area contributed by atoms with E-state index >= 15 is 0 Å². The van der Waals surface area contributed by atoms with E-state index in [0.717, 1.165) is 18.2 Å². The first-order chi connectivity index (χ1) is 12.1. The van der Waals surface area contributed by atoms with Gasteiger partial charge in [-0.3, -0.25) is 9.52 Å². The van der Waals surface area contributed by atoms with Gasteiger partial charge in [0.05, 0.1) is 18.0 Å². The molecule has 0 radical (unpaired) electrons. The SMILES string of the molecule is CCC(NC(=O)c1ccc(NS(C)(=O)=O)c(C)c1)c1ccc(C)c(C)c1. The lowest BCUT2D eigenvalue weighted by atomic mass is 9.99. The molecular weight excluding hydrogens is 348 g/mol. The maximum Gasteiger partial charge on any atom is 0.251 e. The van der Waals surface area contributed by atoms with Crippen molar-refractivity contribution in [2.75, 3.05) is 11.0 Å². The van der Waals surface area contributed by atoms with Gasteiger partial charge in [-0.1, -0.05) is 25.1 Å². The zero-order chi connectivity index (χ0) is 19.5. The Bertz CT molecular complexity index is 921. The maximum absolute atomic E-state index is 12.6. The Morgan fingerprint density at radius 1 is 1.00 bits per heavy atom. The molecule has 1 amide bonds. The monoisotopic (exact) mass is 374 g/mol. The van der Waals surface area contributed by atoms with Gasteiger partial charge in [0, 0.05) is 5.56 Å². The molecule has 2 rings (SSSR count). The van der Waals surface area contributed by atoms with Crippen LogP contribution < -0.4 is 10.0 Å². The molecule has 0 aromatic heterocycles. The summed E-state index contributed by atoms with van der Waals surface area (Å²) in [6, 6.07) is 11.1. The molecule has 140 valence electrons. The van der Waals surface area contributed by atoms with E-state index in [9.17, 15) is 13.2 Å². The average molecular weight is 375 g/mol. The summed E-state index contributed by atoms with van der Waals surface area (Å²) in [4.78, 5) is 12.6. The Hall–Kier alpha value is -2.34. The molecule has 0 saturated carbocycles. The van der Waals surface area contributed by atoms with Crippen molar-refractivity contribution in [3.8, 4) is 0 Å². The van der Waals surface area contributed by atoms with Crippen LogP contribution in [0.3, 0.4) is 0 Å². The zero-order valence-electron chi connectivity index (χ0n) is 15.9. The Morgan fingerprint density at radius 2 is 1.69 bits per heavy atom. The molecule has 2 aromatic carbocycles. The fraction of sp³-hybridized carbons (Fsp3) is 0.350. The van der Waals surface area contributed by atoms with Crippen molar-refractivity contribution in [3.63, 3.8) is 0 Å². The van der Waals surface area contributed by atoms with Crippen molar-refractivity contribution in [1.29, 1.82) is 0 Å². The third kappa shape index (κ3) is 5.08. The minimum atomic E-state index is -3.35. The molecule has 2 N–H and O–H groups in total. The van der Waals surface area contributed by atoms with Crippen molar-refractivity contribution < 1.29 is 13.2 Å². The topological polar surface area (TPSA) is 75.3 Å². The molecular formula is C20H26N2O3S. The van der Waals surface area contributed by atoms with Crippen molar-refractivity contribution in [2.24, 2.45) is 0 Å². The predicted molar refractivity (Wildman–Crippen MR) is 106 cm³/mol. The van der Waals surface area contributed by atoms with Gasteiger partial charge in [-0.15, -0.1) is 0 Å². The van der Waals surface area contributed by atoms with Crippen LogP contribution in [0.5, 0.6) is 0 Å². The van der Waals surface area contributed by atoms with E-state index in [0.29, 0.717) is 16.8 Å². The third-order valence-electron chi connectivity index (χ3n) is 4.43. The minimum Gasteiger partial charge on any atom is -0.345 e. The molecule has 6 heteroatoms. The van der Waals surface area contributed by atoms with E-state index in [-0.39, 0.29) is 11.9 Å². The fourth-order valence-corrected chi connectivity index (χ4v) is 3.39. The number of carbonyl (C=O) groups is 1. The van der Waals surface area contributed by atoms with Gasteiger partial charge in [0.1, 0.15) is 0 Å². The summed E-state index contributed by atoms with van der Waals surface area (Å²) >= 11 is 0. The second-order valence-corrected chi connectivity index (χ2v) is 8.43. The number of benzene rings is 2. The van der Waals surface area contributed by atoms with Crippen LogP contribution in [0, 0.1) is 20.8 Å². The first-order valence-corrected chi connectivity index (χ1v) is 10.5. The van der Waals surface area contributed by atoms with Gasteiger partial charge in [0.2, 0.25) is 10.0 Å². The molecule has 5 nitrogen and oxygen atoms in total. The number of hydrogen-bond acceptors (Lipinski definition) is 3. The van der Waals surface area contributed by atoms with Gasteiger partial charge >= 0.3 is 0 Å². The van der Waals surface area contributed by atoms with Crippen molar-refractivity contribution in [3.05, 3.63) is 64.2 Å². The second kappa shape index (κ2) is 7.91. The number of hydrogen-bond donors (Lipinski definition) is 2. The van der Waals surface area contributed by atoms with Crippen LogP contribution >= 0.6 is 0 Å². The van der Waals surface area contributed by atoms with E-state index in [1.54, 1.807) is 25.1 Å². The minimum absolute atomic E-state index is 0.0732. The summed E-state index contributed by atoms with van der Waals surface area (Å²) in [5.74, 6) is -0.177. The number of nitrogens with one attached hydrogen (secondary N) is 2. The highest BCUT2D eigenvalue weighted by molar-refractivity contribution is 7.92. The smallest absolute Gasteiger partial charge is 0.251 e. The number of carbonyl (C=O) groups excluding carboxylic acids is 1. The van der Waals surface area contributed by atoms with Crippen LogP contribution in [0.25, 0.3) is 0 Å². The van der Waals surface area contributed by atoms with Gasteiger partial charge in [0.25, 0.3) is 5.91 Å². The van der Waals surface area contributed by atoms with Crippen LogP contribution in [0.1, 0.15) is 52.0 Å². The number of anilines is 1. The average Bonchev–Trinajstić information content (AvgIpc) is 2.55. The quantitative estimate of drug-likeness (QED) is 0.806. The summed E-state index contributed by atoms with van der Waals surface area (Å²) in [6.45, 7) is 7.92. The van der Waals surface area contributed by atoms with E-state index < -0.39 is 10.0 Å². The molecule has 1 atom stereocenters. The van der Waals surface area contributed by atoms with E-state index in [2.05, 4.69) is 36.0 Å². The first kappa shape index (κ1) is 20.0. The lowest BCUT2D eigenvalue weighted by molar-refractivity contribution is 0.0935. The lowest BCUT2D eigenvalue weighted by Crippen LogP contribution is -2.28. The molecule has 0 fully saturated rings. The molecule has 1 unspecified atom stereocenters. The van der Waals surface area contributed by atoms with Crippen molar-refractivity contribution in [2.45, 2.75) is 40.2 Å². The lowest BCUT2D eigenvalue weighted by Gasteiger charge is -2.19. The molecule has 0 spiro atoms. The molecule has 26 heavy (non-hydrogen) atoms. The predicted octanol–water partition coefficient (Wildman–Crippen LogP) is 3.86. The number of rotatable bonds is 6. The Morgan fingerprint density at radius 3 is 2.23 bits per heavy atom. The normalized spacial score (nSPS) is 12.5. The molecule has 0 heterocycles. The molecule has 0 bridgehead atoms. The highest BCUT2D eigenvalue weighted by Crippen LogP contribution is 2.22. The van der Waals surface area contributed by atoms with Crippen molar-refractivity contribution in [1.82, 2.24) is 5.32 Å². The first-order valence-electron chi connectivity index (χ1n) is 8.57. The summed E-state index contributed by atoms with van der Waals surface area (Å²) in [5, 5.41) is 3.06. The largest absolute Gasteiger partial charge is 0.345 e. The molecule has 0 aliphatic heterocycles. The van der Waals surface area contributed by atoms with Crippen LogP contribution in [-0.2, 0) is 10.0 Å². The Labute approximate surface area is 155 Å². The van der Waals surface area contributed by atoms with Gasteiger partial charge in [-0.2, -0.15) is 0 Å². The second-order valence-electron chi connectivity index (χ2n) is 6.68. The molecule has 0 aliphatic rings. The third-order valence-corrected chi connectivity index (χ3v) is 5.02. The molecule has 0 aliphatic carbocycles. The zero-order valence-corrected chi connectivity index (χ0v) is 16.7. The van der Waals surface area contributed by atoms with E-state index in [1.807, 2.05) is 13.0 Å². The summed E-state index contributed by atoms with van der Waals surface area (Å²) in [7, 11) is -3.35. The summed E-state index contributed by atoms with van der Waals surface area (Å²) < 4.78 is 25.2. The van der Waals surface area contributed by atoms with Crippen LogP contribution in [0.4, 0.5) is 5.69 Å². The van der Waals surface area contributed by atoms with Crippen molar-refractivity contribution >= 4 is 21.6 Å². The molecule has 0 saturated heterocycles. The van der Waals surface area contributed by atoms with Crippen LogP contribution in [-0.4, -0.2) is 20.6 Å². The standard InChI is InChI=1S/C20H26N2O3S/c1-6-18(16-8-7-13(2)14(3)11-16)21-20(23)17-9-10-19(15(4)12-17)22-26(5,24)25/h7-12,18,22H,6H2,1-5H3,(H,21,23). The van der Waals surface area contributed by atoms with Gasteiger partial charge < -0.3 is 5.32 Å². The van der Waals surface area contributed by atoms with E-state index in [1.165, 1.54) is 11.1 Å². The summed E-state index contributed by atoms with van der Waals surface area (Å²) in [5.41, 5.74) is 5.18. The van der Waals surface area contributed by atoms with Gasteiger partial charge in [-0.05, 0) is 67.6 Å². The number of aryl methyl sites for hydroxylation is 3. The van der Waals surface area contributed by atoms with Gasteiger partial charge in [-0.25, -0.2) is 8.42 Å². The highest BCUT2D eigenvalue weighted by atomic mass is 32.2.